The van der Waals surface area contributed by atoms with E-state index in [0.29, 0.717) is 0 Å². The van der Waals surface area contributed by atoms with Gasteiger partial charge in [0.2, 0.25) is 0 Å². The zero-order valence-corrected chi connectivity index (χ0v) is 7.92. The first-order valence-electron chi connectivity index (χ1n) is 3.98. The van der Waals surface area contributed by atoms with Gasteiger partial charge >= 0.3 is 0 Å². The highest BCUT2D eigenvalue weighted by atomic mass is 16.2. The van der Waals surface area contributed by atoms with Crippen LogP contribution in [0.15, 0.2) is 0 Å². The normalized spacial score (nSPS) is 13.1. The maximum Gasteiger partial charge on any atom is 0.250 e. The molecule has 1 amide bonds. The second-order valence-corrected chi connectivity index (χ2v) is 2.77. The Kier molecular flexibility index (Phi) is 5.61. The zero-order valence-electron chi connectivity index (χ0n) is 7.92. The molecule has 1 atom stereocenters. The fourth-order valence-electron chi connectivity index (χ4n) is 0.803. The Morgan fingerprint density at radius 3 is 2.67 bits per heavy atom. The van der Waals surface area contributed by atoms with Crippen LogP contribution < -0.4 is 16.6 Å². The molecule has 4 N–H and O–H groups in total. The molecule has 0 saturated carbocycles. The lowest BCUT2D eigenvalue weighted by Gasteiger charge is -2.22. The molecule has 0 radical (unpaired) electrons. The first-order chi connectivity index (χ1) is 5.63. The Hall–Kier alpha value is -0.650. The zero-order chi connectivity index (χ0) is 9.56. The van der Waals surface area contributed by atoms with Crippen molar-refractivity contribution in [3.05, 3.63) is 0 Å². The van der Waals surface area contributed by atoms with Gasteiger partial charge in [0.25, 0.3) is 5.91 Å². The maximum atomic E-state index is 11.0. The van der Waals surface area contributed by atoms with E-state index in [-0.39, 0.29) is 11.9 Å². The van der Waals surface area contributed by atoms with Crippen LogP contribution in [-0.4, -0.2) is 44.0 Å². The summed E-state index contributed by atoms with van der Waals surface area (Å²) < 4.78 is 0. The van der Waals surface area contributed by atoms with Crippen LogP contribution in [0.5, 0.6) is 0 Å². The third-order valence-corrected chi connectivity index (χ3v) is 1.90. The maximum absolute atomic E-state index is 11.0. The molecule has 12 heavy (non-hydrogen) atoms. The Morgan fingerprint density at radius 2 is 2.25 bits per heavy atom. The molecule has 0 aliphatic rings. The van der Waals surface area contributed by atoms with Gasteiger partial charge < -0.3 is 5.32 Å². The molecule has 0 heterocycles. The number of hydrogen-bond donors (Lipinski definition) is 3. The van der Waals surface area contributed by atoms with E-state index >= 15 is 0 Å². The lowest BCUT2D eigenvalue weighted by atomic mass is 10.3. The highest BCUT2D eigenvalue weighted by molar-refractivity contribution is 5.80. The predicted octanol–water partition coefficient (Wildman–Crippen LogP) is -1.48. The summed E-state index contributed by atoms with van der Waals surface area (Å²) in [6, 6.07) is -0.177. The van der Waals surface area contributed by atoms with Crippen LogP contribution in [0.1, 0.15) is 6.92 Å². The van der Waals surface area contributed by atoms with Crippen molar-refractivity contribution >= 4 is 5.91 Å². The third kappa shape index (κ3) is 3.66. The standard InChI is InChI=1S/C7H18N4O/c1-6(7(12)10-8)11(3)5-4-9-2/h6,9H,4-5,8H2,1-3H3,(H,10,12). The van der Waals surface area contributed by atoms with E-state index < -0.39 is 0 Å². The topological polar surface area (TPSA) is 70.4 Å². The molecule has 0 spiro atoms. The van der Waals surface area contributed by atoms with Gasteiger partial charge in [0.15, 0.2) is 0 Å². The van der Waals surface area contributed by atoms with Gasteiger partial charge in [-0.25, -0.2) is 5.84 Å². The number of likely N-dealkylation sites (N-methyl/N-ethyl adjacent to an activating group) is 2. The molecule has 5 heteroatoms. The van der Waals surface area contributed by atoms with Crippen molar-refractivity contribution in [2.24, 2.45) is 5.84 Å². The number of carbonyl (C=O) groups excluding carboxylic acids is 1. The summed E-state index contributed by atoms with van der Waals surface area (Å²) in [5.41, 5.74) is 2.12. The van der Waals surface area contributed by atoms with E-state index in [0.717, 1.165) is 13.1 Å². The Bertz CT molecular complexity index is 139. The molecule has 5 nitrogen and oxygen atoms in total. The van der Waals surface area contributed by atoms with Gasteiger partial charge in [-0.3, -0.25) is 15.1 Å². The molecule has 0 aliphatic carbocycles. The monoisotopic (exact) mass is 174 g/mol. The van der Waals surface area contributed by atoms with Crippen LogP contribution in [0.2, 0.25) is 0 Å². The number of nitrogens with one attached hydrogen (secondary N) is 2. The molecular formula is C7H18N4O. The Labute approximate surface area is 73.3 Å². The third-order valence-electron chi connectivity index (χ3n) is 1.90. The second kappa shape index (κ2) is 5.93. The van der Waals surface area contributed by atoms with Gasteiger partial charge in [-0.05, 0) is 21.0 Å². The van der Waals surface area contributed by atoms with Crippen LogP contribution in [0.25, 0.3) is 0 Å². The largest absolute Gasteiger partial charge is 0.318 e. The quantitative estimate of drug-likeness (QED) is 0.270. The molecule has 0 fully saturated rings. The fourth-order valence-corrected chi connectivity index (χ4v) is 0.803. The van der Waals surface area contributed by atoms with Crippen molar-refractivity contribution in [2.75, 3.05) is 27.2 Å². The number of nitrogens with zero attached hydrogens (tertiary/aromatic N) is 1. The number of nitrogens with two attached hydrogens (primary N) is 1. The Morgan fingerprint density at radius 1 is 1.67 bits per heavy atom. The summed E-state index contributed by atoms with van der Waals surface area (Å²) in [6.45, 7) is 3.50. The predicted molar refractivity (Wildman–Crippen MR) is 48.3 cm³/mol. The summed E-state index contributed by atoms with van der Waals surface area (Å²) in [5.74, 6) is 4.84. The molecule has 0 aromatic heterocycles. The summed E-state index contributed by atoms with van der Waals surface area (Å²) in [4.78, 5) is 12.9. The van der Waals surface area contributed by atoms with E-state index in [1.165, 1.54) is 0 Å². The van der Waals surface area contributed by atoms with Gasteiger partial charge in [-0.1, -0.05) is 0 Å². The van der Waals surface area contributed by atoms with Crippen molar-refractivity contribution in [3.63, 3.8) is 0 Å². The first-order valence-corrected chi connectivity index (χ1v) is 3.98. The van der Waals surface area contributed by atoms with E-state index in [1.54, 1.807) is 0 Å². The van der Waals surface area contributed by atoms with E-state index in [2.05, 4.69) is 10.7 Å². The molecular weight excluding hydrogens is 156 g/mol. The van der Waals surface area contributed by atoms with Crippen molar-refractivity contribution < 1.29 is 4.79 Å². The van der Waals surface area contributed by atoms with Crippen molar-refractivity contribution in [1.29, 1.82) is 0 Å². The lowest BCUT2D eigenvalue weighted by Crippen LogP contribution is -2.47. The molecule has 1 unspecified atom stereocenters. The van der Waals surface area contributed by atoms with Gasteiger partial charge in [0.05, 0.1) is 6.04 Å². The van der Waals surface area contributed by atoms with Gasteiger partial charge in [0, 0.05) is 13.1 Å². The average Bonchev–Trinajstić information content (AvgIpc) is 2.11. The summed E-state index contributed by atoms with van der Waals surface area (Å²) in [5, 5.41) is 3.01. The summed E-state index contributed by atoms with van der Waals surface area (Å²) in [7, 11) is 3.76. The van der Waals surface area contributed by atoms with Gasteiger partial charge in [-0.2, -0.15) is 0 Å². The number of hydrazine groups is 1. The van der Waals surface area contributed by atoms with Gasteiger partial charge in [0.1, 0.15) is 0 Å². The molecule has 0 aromatic carbocycles. The minimum Gasteiger partial charge on any atom is -0.318 e. The van der Waals surface area contributed by atoms with Crippen LogP contribution in [0.4, 0.5) is 0 Å². The highest BCUT2D eigenvalue weighted by Crippen LogP contribution is 1.92. The highest BCUT2D eigenvalue weighted by Gasteiger charge is 2.15. The van der Waals surface area contributed by atoms with Crippen LogP contribution in [0, 0.1) is 0 Å². The molecule has 0 rings (SSSR count). The van der Waals surface area contributed by atoms with Crippen molar-refractivity contribution in [3.8, 4) is 0 Å². The number of rotatable bonds is 5. The first kappa shape index (κ1) is 11.4. The molecule has 0 aromatic rings. The molecule has 72 valence electrons. The molecule has 0 saturated heterocycles. The van der Waals surface area contributed by atoms with Crippen molar-refractivity contribution in [1.82, 2.24) is 15.6 Å². The Balaban J connectivity index is 3.75. The van der Waals surface area contributed by atoms with Crippen LogP contribution in [-0.2, 0) is 4.79 Å². The average molecular weight is 174 g/mol. The van der Waals surface area contributed by atoms with Crippen LogP contribution >= 0.6 is 0 Å². The van der Waals surface area contributed by atoms with E-state index in [1.807, 2.05) is 25.9 Å². The molecule has 0 bridgehead atoms. The SMILES string of the molecule is CNCCN(C)C(C)C(=O)NN. The minimum atomic E-state index is -0.177. The van der Waals surface area contributed by atoms with E-state index in [9.17, 15) is 4.79 Å². The smallest absolute Gasteiger partial charge is 0.250 e. The number of amides is 1. The minimum absolute atomic E-state index is 0.159. The summed E-state index contributed by atoms with van der Waals surface area (Å²) in [6.07, 6.45) is 0. The van der Waals surface area contributed by atoms with Crippen LogP contribution in [0.3, 0.4) is 0 Å². The van der Waals surface area contributed by atoms with E-state index in [4.69, 9.17) is 5.84 Å². The fraction of sp³-hybridized carbons (Fsp3) is 0.857. The van der Waals surface area contributed by atoms with Gasteiger partial charge in [-0.15, -0.1) is 0 Å². The summed E-state index contributed by atoms with van der Waals surface area (Å²) >= 11 is 0. The molecule has 0 aliphatic heterocycles. The lowest BCUT2D eigenvalue weighted by molar-refractivity contribution is -0.125. The number of hydrogen-bond acceptors (Lipinski definition) is 4. The number of carbonyl (C=O) groups is 1. The second-order valence-electron chi connectivity index (χ2n) is 2.77. The van der Waals surface area contributed by atoms with Crippen molar-refractivity contribution in [2.45, 2.75) is 13.0 Å².